The van der Waals surface area contributed by atoms with Crippen LogP contribution in [0.15, 0.2) is 42.0 Å². The van der Waals surface area contributed by atoms with Gasteiger partial charge in [0, 0.05) is 36.0 Å². The molecule has 6 heteroatoms. The summed E-state index contributed by atoms with van der Waals surface area (Å²) < 4.78 is 6.11. The number of nitrogens with zero attached hydrogens (tertiary/aromatic N) is 3. The van der Waals surface area contributed by atoms with Crippen molar-refractivity contribution in [1.82, 2.24) is 19.9 Å². The molecule has 148 valence electrons. The second-order valence-corrected chi connectivity index (χ2v) is 7.59. The zero-order valence-corrected chi connectivity index (χ0v) is 16.9. The lowest BCUT2D eigenvalue weighted by Crippen LogP contribution is -2.08. The average molecular weight is 388 g/mol. The van der Waals surface area contributed by atoms with Crippen molar-refractivity contribution in [2.75, 3.05) is 6.61 Å². The van der Waals surface area contributed by atoms with Crippen molar-refractivity contribution in [2.24, 2.45) is 5.92 Å². The third-order valence-corrected chi connectivity index (χ3v) is 5.38. The van der Waals surface area contributed by atoms with Gasteiger partial charge in [0.15, 0.2) is 0 Å². The summed E-state index contributed by atoms with van der Waals surface area (Å²) in [6.45, 7) is 10.2. The number of H-pyrrole nitrogens is 1. The number of aryl methyl sites for hydroxylation is 3. The number of pyridine rings is 2. The van der Waals surface area contributed by atoms with Gasteiger partial charge in [0.25, 0.3) is 0 Å². The Morgan fingerprint density at radius 1 is 1.21 bits per heavy atom. The van der Waals surface area contributed by atoms with E-state index in [1.807, 2.05) is 20.8 Å². The van der Waals surface area contributed by atoms with Crippen LogP contribution in [0.25, 0.3) is 17.2 Å². The highest BCUT2D eigenvalue weighted by Crippen LogP contribution is 2.47. The van der Waals surface area contributed by atoms with E-state index in [0.717, 1.165) is 40.1 Å². The zero-order chi connectivity index (χ0) is 20.5. The van der Waals surface area contributed by atoms with Crippen molar-refractivity contribution in [2.45, 2.75) is 33.1 Å². The molecule has 0 saturated heterocycles. The van der Waals surface area contributed by atoms with Crippen molar-refractivity contribution >= 4 is 6.08 Å². The van der Waals surface area contributed by atoms with E-state index in [0.29, 0.717) is 30.1 Å². The first-order valence-corrected chi connectivity index (χ1v) is 9.72. The van der Waals surface area contributed by atoms with E-state index < -0.39 is 0 Å². The van der Waals surface area contributed by atoms with Gasteiger partial charge in [0.1, 0.15) is 5.82 Å². The molecule has 0 aromatic carbocycles. The first-order valence-electron chi connectivity index (χ1n) is 9.72. The Kier molecular flexibility index (Phi) is 5.01. The van der Waals surface area contributed by atoms with Crippen LogP contribution < -0.4 is 10.3 Å². The molecule has 6 nitrogen and oxygen atoms in total. The van der Waals surface area contributed by atoms with Gasteiger partial charge < -0.3 is 9.72 Å². The lowest BCUT2D eigenvalue weighted by Gasteiger charge is -2.12. The summed E-state index contributed by atoms with van der Waals surface area (Å²) in [7, 11) is 0. The largest absolute Gasteiger partial charge is 0.477 e. The maximum Gasteiger partial charge on any atom is 0.248 e. The summed E-state index contributed by atoms with van der Waals surface area (Å²) >= 11 is 0. The molecule has 3 aromatic heterocycles. The predicted molar refractivity (Wildman–Crippen MR) is 113 cm³/mol. The van der Waals surface area contributed by atoms with Crippen molar-refractivity contribution in [3.63, 3.8) is 0 Å². The zero-order valence-electron chi connectivity index (χ0n) is 16.9. The molecule has 0 amide bonds. The number of ether oxygens (including phenoxy) is 1. The lowest BCUT2D eigenvalue weighted by molar-refractivity contribution is 0.285. The Hall–Kier alpha value is -3.28. The highest BCUT2D eigenvalue weighted by molar-refractivity contribution is 5.70. The van der Waals surface area contributed by atoms with Gasteiger partial charge in [-0.2, -0.15) is 4.98 Å². The highest BCUT2D eigenvalue weighted by atomic mass is 16.5. The molecule has 0 spiro atoms. The smallest absolute Gasteiger partial charge is 0.248 e. The first kappa shape index (κ1) is 19.1. The fraction of sp³-hybridized carbons (Fsp3) is 0.304. The van der Waals surface area contributed by atoms with Crippen LogP contribution in [0, 0.1) is 26.7 Å². The van der Waals surface area contributed by atoms with E-state index in [9.17, 15) is 4.79 Å². The Bertz CT molecular complexity index is 1140. The normalized spacial score (nSPS) is 17.8. The minimum absolute atomic E-state index is 0.164. The summed E-state index contributed by atoms with van der Waals surface area (Å²) in [5.74, 6) is 1.93. The van der Waals surface area contributed by atoms with E-state index in [2.05, 4.69) is 33.7 Å². The van der Waals surface area contributed by atoms with Crippen molar-refractivity contribution in [3.8, 4) is 17.0 Å². The SMILES string of the molecule is C=Cc1nc(C2CC2COc2nc(C)ncc2-c2cc(=O)[nH]cc2C)ccc1C. The fourth-order valence-corrected chi connectivity index (χ4v) is 3.53. The van der Waals surface area contributed by atoms with E-state index >= 15 is 0 Å². The minimum Gasteiger partial charge on any atom is -0.477 e. The van der Waals surface area contributed by atoms with Crippen LogP contribution in [0.2, 0.25) is 0 Å². The van der Waals surface area contributed by atoms with E-state index in [1.165, 1.54) is 0 Å². The van der Waals surface area contributed by atoms with Crippen LogP contribution in [-0.2, 0) is 0 Å². The van der Waals surface area contributed by atoms with Crippen LogP contribution in [-0.4, -0.2) is 26.5 Å². The van der Waals surface area contributed by atoms with E-state index in [1.54, 1.807) is 24.5 Å². The standard InChI is InChI=1S/C23H24N4O2/c1-5-20-13(2)6-7-21(27-20)18-8-16(18)12-29-23-19(11-24-15(4)26-23)17-9-22(28)25-10-14(17)3/h5-7,9-11,16,18H,1,8,12H2,2-4H3,(H,25,28). The molecule has 0 radical (unpaired) electrons. The number of nitrogens with one attached hydrogen (secondary N) is 1. The molecule has 3 aromatic rings. The summed E-state index contributed by atoms with van der Waals surface area (Å²) in [5.41, 5.74) is 5.45. The second kappa shape index (κ2) is 7.62. The molecule has 1 aliphatic rings. The molecule has 0 bridgehead atoms. The maximum atomic E-state index is 11.8. The summed E-state index contributed by atoms with van der Waals surface area (Å²) in [6.07, 6.45) is 6.25. The fourth-order valence-electron chi connectivity index (χ4n) is 3.53. The second-order valence-electron chi connectivity index (χ2n) is 7.59. The Morgan fingerprint density at radius 3 is 2.83 bits per heavy atom. The molecule has 4 rings (SSSR count). The molecule has 1 fully saturated rings. The van der Waals surface area contributed by atoms with Crippen LogP contribution in [0.1, 0.15) is 40.7 Å². The quantitative estimate of drug-likeness (QED) is 0.691. The number of aromatic nitrogens is 4. The topological polar surface area (TPSA) is 80.8 Å². The third kappa shape index (κ3) is 3.97. The van der Waals surface area contributed by atoms with Gasteiger partial charge >= 0.3 is 0 Å². The van der Waals surface area contributed by atoms with E-state index in [-0.39, 0.29) is 5.56 Å². The summed E-state index contributed by atoms with van der Waals surface area (Å²) in [5, 5.41) is 0. The van der Waals surface area contributed by atoms with Gasteiger partial charge in [-0.05, 0) is 56.0 Å². The number of hydrogen-bond acceptors (Lipinski definition) is 5. The number of aromatic amines is 1. The van der Waals surface area contributed by atoms with Crippen LogP contribution in [0.4, 0.5) is 0 Å². The van der Waals surface area contributed by atoms with Gasteiger partial charge in [-0.25, -0.2) is 4.98 Å². The van der Waals surface area contributed by atoms with Crippen molar-refractivity contribution in [3.05, 3.63) is 75.9 Å². The third-order valence-electron chi connectivity index (χ3n) is 5.38. The molecule has 29 heavy (non-hydrogen) atoms. The van der Waals surface area contributed by atoms with Gasteiger partial charge in [-0.3, -0.25) is 9.78 Å². The Labute approximate surface area is 169 Å². The van der Waals surface area contributed by atoms with Gasteiger partial charge in [-0.15, -0.1) is 0 Å². The summed E-state index contributed by atoms with van der Waals surface area (Å²) in [4.78, 5) is 28.0. The minimum atomic E-state index is -0.164. The number of hydrogen-bond donors (Lipinski definition) is 1. The van der Waals surface area contributed by atoms with Crippen molar-refractivity contribution < 1.29 is 4.74 Å². The van der Waals surface area contributed by atoms with Gasteiger partial charge in [0.2, 0.25) is 11.4 Å². The molecule has 2 atom stereocenters. The molecule has 1 aliphatic carbocycles. The Balaban J connectivity index is 1.53. The molecule has 1 saturated carbocycles. The van der Waals surface area contributed by atoms with Crippen LogP contribution >= 0.6 is 0 Å². The molecule has 1 N–H and O–H groups in total. The van der Waals surface area contributed by atoms with Crippen LogP contribution in [0.3, 0.4) is 0 Å². The molecule has 2 unspecified atom stereocenters. The summed E-state index contributed by atoms with van der Waals surface area (Å²) in [6, 6.07) is 5.74. The first-order chi connectivity index (χ1) is 14.0. The van der Waals surface area contributed by atoms with E-state index in [4.69, 9.17) is 9.72 Å². The number of rotatable bonds is 6. The predicted octanol–water partition coefficient (Wildman–Crippen LogP) is 3.98. The maximum absolute atomic E-state index is 11.8. The highest BCUT2D eigenvalue weighted by Gasteiger charge is 2.40. The van der Waals surface area contributed by atoms with Gasteiger partial charge in [0.05, 0.1) is 17.9 Å². The molecule has 0 aliphatic heterocycles. The average Bonchev–Trinajstić information content (AvgIpc) is 3.48. The molecular formula is C23H24N4O2. The van der Waals surface area contributed by atoms with Crippen molar-refractivity contribution in [1.29, 1.82) is 0 Å². The molecule has 3 heterocycles. The monoisotopic (exact) mass is 388 g/mol. The molecular weight excluding hydrogens is 364 g/mol. The van der Waals surface area contributed by atoms with Crippen LogP contribution in [0.5, 0.6) is 5.88 Å². The Morgan fingerprint density at radius 2 is 2.03 bits per heavy atom. The lowest BCUT2D eigenvalue weighted by atomic mass is 10.1. The van der Waals surface area contributed by atoms with Gasteiger partial charge in [-0.1, -0.05) is 12.6 Å².